The molecule has 1 saturated heterocycles. The summed E-state index contributed by atoms with van der Waals surface area (Å²) in [6, 6.07) is -0.119. The van der Waals surface area contributed by atoms with Crippen molar-refractivity contribution in [3.8, 4) is 0 Å². The van der Waals surface area contributed by atoms with Crippen LogP contribution in [0.3, 0.4) is 0 Å². The molecule has 2 heterocycles. The van der Waals surface area contributed by atoms with Crippen LogP contribution in [0.1, 0.15) is 21.8 Å². The van der Waals surface area contributed by atoms with E-state index in [0.29, 0.717) is 23.5 Å². The van der Waals surface area contributed by atoms with Crippen LogP contribution in [0, 0.1) is 6.92 Å². The normalized spacial score (nSPS) is 20.1. The third-order valence-corrected chi connectivity index (χ3v) is 3.00. The number of rotatable bonds is 2. The van der Waals surface area contributed by atoms with Crippen molar-refractivity contribution in [3.63, 3.8) is 0 Å². The molecule has 1 aromatic heterocycles. The van der Waals surface area contributed by atoms with Gasteiger partial charge in [0.05, 0.1) is 11.7 Å². The van der Waals surface area contributed by atoms with Gasteiger partial charge in [0, 0.05) is 13.0 Å². The first kappa shape index (κ1) is 10.0. The van der Waals surface area contributed by atoms with E-state index in [0.717, 1.165) is 11.5 Å². The minimum Gasteiger partial charge on any atom is -0.354 e. The Kier molecular flexibility index (Phi) is 2.63. The highest BCUT2D eigenvalue weighted by Crippen LogP contribution is 2.10. The van der Waals surface area contributed by atoms with Gasteiger partial charge in [0.15, 0.2) is 0 Å². The fraction of sp³-hybridized carbons (Fsp3) is 0.500. The number of nitrogens with zero attached hydrogens (tertiary/aromatic N) is 2. The van der Waals surface area contributed by atoms with Gasteiger partial charge in [0.1, 0.15) is 4.88 Å². The van der Waals surface area contributed by atoms with Crippen LogP contribution in [0.5, 0.6) is 0 Å². The molecule has 0 bridgehead atoms. The second-order valence-corrected chi connectivity index (χ2v) is 4.12. The highest BCUT2D eigenvalue weighted by molar-refractivity contribution is 7.08. The van der Waals surface area contributed by atoms with Crippen LogP contribution in [0.4, 0.5) is 0 Å². The van der Waals surface area contributed by atoms with Gasteiger partial charge in [-0.15, -0.1) is 5.10 Å². The van der Waals surface area contributed by atoms with Gasteiger partial charge in [-0.05, 0) is 18.5 Å². The van der Waals surface area contributed by atoms with E-state index in [1.54, 1.807) is 6.92 Å². The van der Waals surface area contributed by atoms with Gasteiger partial charge in [-0.3, -0.25) is 9.59 Å². The Balaban J connectivity index is 1.98. The van der Waals surface area contributed by atoms with Gasteiger partial charge in [0.25, 0.3) is 5.91 Å². The van der Waals surface area contributed by atoms with Gasteiger partial charge < -0.3 is 10.6 Å². The molecule has 0 radical (unpaired) electrons. The highest BCUT2D eigenvalue weighted by Gasteiger charge is 2.24. The summed E-state index contributed by atoms with van der Waals surface area (Å²) >= 11 is 1.06. The predicted molar refractivity (Wildman–Crippen MR) is 53.5 cm³/mol. The topological polar surface area (TPSA) is 84.0 Å². The Morgan fingerprint density at radius 3 is 3.00 bits per heavy atom. The smallest absolute Gasteiger partial charge is 0.265 e. The maximum absolute atomic E-state index is 11.7. The lowest BCUT2D eigenvalue weighted by Crippen LogP contribution is -2.36. The molecule has 0 aliphatic carbocycles. The van der Waals surface area contributed by atoms with Crippen molar-refractivity contribution in [2.45, 2.75) is 19.4 Å². The fourth-order valence-electron chi connectivity index (χ4n) is 1.40. The number of amides is 2. The first-order valence-electron chi connectivity index (χ1n) is 4.53. The Morgan fingerprint density at radius 1 is 1.67 bits per heavy atom. The van der Waals surface area contributed by atoms with E-state index in [2.05, 4.69) is 20.2 Å². The number of aryl methyl sites for hydroxylation is 1. The molecule has 0 aromatic carbocycles. The zero-order valence-corrected chi connectivity index (χ0v) is 8.93. The van der Waals surface area contributed by atoms with E-state index in [1.807, 2.05) is 0 Å². The molecule has 1 aliphatic heterocycles. The van der Waals surface area contributed by atoms with Crippen molar-refractivity contribution in [2.24, 2.45) is 0 Å². The average molecular weight is 226 g/mol. The van der Waals surface area contributed by atoms with Crippen LogP contribution in [-0.2, 0) is 4.79 Å². The molecule has 1 fully saturated rings. The standard InChI is InChI=1S/C8H10N4O2S/c1-4-7(15-12-11-4)8(14)10-5-2-6(13)9-3-5/h5H,2-3H2,1H3,(H,9,13)(H,10,14)/t5-/m0/s1. The summed E-state index contributed by atoms with van der Waals surface area (Å²) in [7, 11) is 0. The monoisotopic (exact) mass is 226 g/mol. The lowest BCUT2D eigenvalue weighted by Gasteiger charge is -2.08. The first-order valence-corrected chi connectivity index (χ1v) is 5.30. The molecule has 2 amide bonds. The van der Waals surface area contributed by atoms with E-state index in [1.165, 1.54) is 0 Å². The summed E-state index contributed by atoms with van der Waals surface area (Å²) in [5, 5.41) is 9.17. The minimum atomic E-state index is -0.205. The molecule has 15 heavy (non-hydrogen) atoms. The molecule has 0 unspecified atom stereocenters. The second kappa shape index (κ2) is 3.93. The number of hydrogen-bond acceptors (Lipinski definition) is 5. The quantitative estimate of drug-likeness (QED) is 0.709. The fourth-order valence-corrected chi connectivity index (χ4v) is 1.96. The van der Waals surface area contributed by atoms with E-state index < -0.39 is 0 Å². The summed E-state index contributed by atoms with van der Waals surface area (Å²) in [5.74, 6) is -0.233. The lowest BCUT2D eigenvalue weighted by atomic mass is 10.2. The zero-order valence-electron chi connectivity index (χ0n) is 8.11. The van der Waals surface area contributed by atoms with Gasteiger partial charge in [-0.25, -0.2) is 0 Å². The zero-order chi connectivity index (χ0) is 10.8. The summed E-state index contributed by atoms with van der Waals surface area (Å²) in [6.45, 7) is 2.23. The van der Waals surface area contributed by atoms with E-state index >= 15 is 0 Å². The van der Waals surface area contributed by atoms with Crippen LogP contribution in [-0.4, -0.2) is 34.0 Å². The molecular formula is C8H10N4O2S. The Morgan fingerprint density at radius 2 is 2.47 bits per heavy atom. The van der Waals surface area contributed by atoms with Crippen molar-refractivity contribution < 1.29 is 9.59 Å². The number of carbonyl (C=O) groups excluding carboxylic acids is 2. The molecule has 1 aromatic rings. The Bertz CT molecular complexity index is 403. The van der Waals surface area contributed by atoms with Crippen molar-refractivity contribution >= 4 is 23.3 Å². The highest BCUT2D eigenvalue weighted by atomic mass is 32.1. The maximum Gasteiger partial charge on any atom is 0.265 e. The third-order valence-electron chi connectivity index (χ3n) is 2.17. The van der Waals surface area contributed by atoms with Crippen LogP contribution < -0.4 is 10.6 Å². The van der Waals surface area contributed by atoms with Gasteiger partial charge >= 0.3 is 0 Å². The number of aromatic nitrogens is 2. The number of carbonyl (C=O) groups is 2. The van der Waals surface area contributed by atoms with Crippen molar-refractivity contribution in [2.75, 3.05) is 6.54 Å². The molecule has 2 rings (SSSR count). The van der Waals surface area contributed by atoms with E-state index in [-0.39, 0.29) is 17.9 Å². The Hall–Kier alpha value is -1.50. The predicted octanol–water partition coefficient (Wildman–Crippen LogP) is -0.535. The number of nitrogens with one attached hydrogen (secondary N) is 2. The van der Waals surface area contributed by atoms with Gasteiger partial charge in [-0.1, -0.05) is 4.49 Å². The van der Waals surface area contributed by atoms with Crippen LogP contribution in [0.25, 0.3) is 0 Å². The van der Waals surface area contributed by atoms with Crippen LogP contribution in [0.15, 0.2) is 0 Å². The molecule has 1 atom stereocenters. The molecule has 0 saturated carbocycles. The van der Waals surface area contributed by atoms with E-state index in [4.69, 9.17) is 0 Å². The van der Waals surface area contributed by atoms with Crippen molar-refractivity contribution in [1.29, 1.82) is 0 Å². The molecule has 2 N–H and O–H groups in total. The summed E-state index contributed by atoms with van der Waals surface area (Å²) in [4.78, 5) is 23.1. The Labute approximate surface area is 90.2 Å². The number of hydrogen-bond donors (Lipinski definition) is 2. The SMILES string of the molecule is Cc1nnsc1C(=O)N[C@@H]1CNC(=O)C1. The largest absolute Gasteiger partial charge is 0.354 e. The molecule has 1 aliphatic rings. The average Bonchev–Trinajstić information content (AvgIpc) is 2.75. The van der Waals surface area contributed by atoms with Crippen molar-refractivity contribution in [3.05, 3.63) is 10.6 Å². The lowest BCUT2D eigenvalue weighted by molar-refractivity contribution is -0.119. The van der Waals surface area contributed by atoms with Crippen LogP contribution in [0.2, 0.25) is 0 Å². The van der Waals surface area contributed by atoms with Crippen LogP contribution >= 0.6 is 11.5 Å². The van der Waals surface area contributed by atoms with E-state index in [9.17, 15) is 9.59 Å². The molecule has 6 nitrogen and oxygen atoms in total. The molecular weight excluding hydrogens is 216 g/mol. The van der Waals surface area contributed by atoms with Gasteiger partial charge in [-0.2, -0.15) is 0 Å². The third kappa shape index (κ3) is 2.12. The minimum absolute atomic E-state index is 0.0283. The van der Waals surface area contributed by atoms with Crippen molar-refractivity contribution in [1.82, 2.24) is 20.2 Å². The summed E-state index contributed by atoms with van der Waals surface area (Å²) in [6.07, 6.45) is 0.344. The second-order valence-electron chi connectivity index (χ2n) is 3.37. The molecule has 7 heteroatoms. The summed E-state index contributed by atoms with van der Waals surface area (Å²) in [5.41, 5.74) is 0.620. The molecule has 0 spiro atoms. The van der Waals surface area contributed by atoms with Gasteiger partial charge in [0.2, 0.25) is 5.91 Å². The molecule has 80 valence electrons. The first-order chi connectivity index (χ1) is 7.16. The summed E-state index contributed by atoms with van der Waals surface area (Å²) < 4.78 is 3.68. The maximum atomic E-state index is 11.7.